The van der Waals surface area contributed by atoms with Gasteiger partial charge in [-0.3, -0.25) is 0 Å². The van der Waals surface area contributed by atoms with Crippen molar-refractivity contribution in [3.63, 3.8) is 0 Å². The first-order valence-electron chi connectivity index (χ1n) is 5.05. The number of anilines is 2. The van der Waals surface area contributed by atoms with Crippen molar-refractivity contribution in [3.05, 3.63) is 40.8 Å². The molecule has 0 radical (unpaired) electrons. The van der Waals surface area contributed by atoms with Crippen molar-refractivity contribution >= 4 is 11.4 Å². The second kappa shape index (κ2) is 2.86. The quantitative estimate of drug-likeness (QED) is 0.606. The lowest BCUT2D eigenvalue weighted by Crippen LogP contribution is -2.06. The first-order valence-corrected chi connectivity index (χ1v) is 5.05. The number of aromatic nitrogens is 1. The number of hydrogen-bond donors (Lipinski definition) is 1. The summed E-state index contributed by atoms with van der Waals surface area (Å²) in [5.41, 5.74) is 6.07. The molecule has 0 amide bonds. The van der Waals surface area contributed by atoms with E-state index in [9.17, 15) is 0 Å². The molecule has 0 fully saturated rings. The van der Waals surface area contributed by atoms with Crippen LogP contribution in [0.15, 0.2) is 22.9 Å². The van der Waals surface area contributed by atoms with Crippen LogP contribution >= 0.6 is 0 Å². The Bertz CT molecular complexity index is 528. The molecule has 0 atom stereocenters. The molecule has 1 aromatic carbocycles. The lowest BCUT2D eigenvalue weighted by molar-refractivity contribution is 0.389. The van der Waals surface area contributed by atoms with Gasteiger partial charge < -0.3 is 9.84 Å². The van der Waals surface area contributed by atoms with Crippen LogP contribution in [0, 0.1) is 13.8 Å². The second-order valence-corrected chi connectivity index (χ2v) is 4.07. The van der Waals surface area contributed by atoms with Gasteiger partial charge in [0.15, 0.2) is 5.76 Å². The maximum absolute atomic E-state index is 5.19. The van der Waals surface area contributed by atoms with Crippen LogP contribution in [0.4, 0.5) is 11.4 Å². The molecule has 0 aliphatic carbocycles. The van der Waals surface area contributed by atoms with Crippen molar-refractivity contribution in [2.24, 2.45) is 0 Å². The minimum atomic E-state index is 0.837. The molecule has 1 N–H and O–H groups in total. The summed E-state index contributed by atoms with van der Waals surface area (Å²) >= 11 is 0. The minimum Gasteiger partial charge on any atom is -0.359 e. The Morgan fingerprint density at radius 1 is 1.27 bits per heavy atom. The van der Waals surface area contributed by atoms with Crippen LogP contribution in [-0.2, 0) is 6.42 Å². The fourth-order valence-electron chi connectivity index (χ4n) is 2.14. The van der Waals surface area contributed by atoms with E-state index in [0.717, 1.165) is 17.9 Å². The minimum absolute atomic E-state index is 0.837. The van der Waals surface area contributed by atoms with Gasteiger partial charge in [0, 0.05) is 12.1 Å². The van der Waals surface area contributed by atoms with Gasteiger partial charge in [0.25, 0.3) is 0 Å². The highest BCUT2D eigenvalue weighted by Crippen LogP contribution is 2.34. The maximum Gasteiger partial charge on any atom is 0.164 e. The molecular formula is C12H12N2O. The van der Waals surface area contributed by atoms with E-state index in [2.05, 4.69) is 36.5 Å². The summed E-state index contributed by atoms with van der Waals surface area (Å²) in [5.74, 6) is 0.925. The van der Waals surface area contributed by atoms with Crippen LogP contribution in [0.5, 0.6) is 0 Å². The van der Waals surface area contributed by atoms with Crippen LogP contribution in [-0.4, -0.2) is 5.16 Å². The zero-order chi connectivity index (χ0) is 10.4. The first kappa shape index (κ1) is 8.53. The standard InChI is InChI=1S/C12H12N2O/c1-7-3-8(2)9-5-12-11(6-13-15-12)14-10(9)4-7/h3-4,6,14H,5H2,1-2H3. The molecule has 2 aromatic rings. The highest BCUT2D eigenvalue weighted by molar-refractivity contribution is 5.71. The number of aryl methyl sites for hydroxylation is 2. The normalized spacial score (nSPS) is 12.9. The molecule has 15 heavy (non-hydrogen) atoms. The Labute approximate surface area is 88.1 Å². The zero-order valence-corrected chi connectivity index (χ0v) is 8.79. The van der Waals surface area contributed by atoms with Gasteiger partial charge in [-0.15, -0.1) is 0 Å². The molecule has 0 unspecified atom stereocenters. The molecule has 3 heteroatoms. The van der Waals surface area contributed by atoms with Gasteiger partial charge in [-0.25, -0.2) is 0 Å². The zero-order valence-electron chi connectivity index (χ0n) is 8.79. The number of fused-ring (bicyclic) bond motifs is 2. The highest BCUT2D eigenvalue weighted by atomic mass is 16.5. The van der Waals surface area contributed by atoms with Crippen molar-refractivity contribution in [2.75, 3.05) is 5.32 Å². The molecule has 1 aliphatic rings. The molecule has 0 saturated carbocycles. The molecule has 1 aromatic heterocycles. The van der Waals surface area contributed by atoms with E-state index >= 15 is 0 Å². The summed E-state index contributed by atoms with van der Waals surface area (Å²) in [6.45, 7) is 4.24. The van der Waals surface area contributed by atoms with E-state index in [0.29, 0.717) is 0 Å². The predicted molar refractivity (Wildman–Crippen MR) is 58.5 cm³/mol. The summed E-state index contributed by atoms with van der Waals surface area (Å²) in [6, 6.07) is 4.36. The van der Waals surface area contributed by atoms with Gasteiger partial charge in [0.2, 0.25) is 0 Å². The Morgan fingerprint density at radius 3 is 3.00 bits per heavy atom. The third-order valence-electron chi connectivity index (χ3n) is 2.87. The van der Waals surface area contributed by atoms with Crippen molar-refractivity contribution in [3.8, 4) is 0 Å². The van der Waals surface area contributed by atoms with Crippen LogP contribution in [0.1, 0.15) is 22.5 Å². The van der Waals surface area contributed by atoms with E-state index < -0.39 is 0 Å². The molecule has 3 rings (SSSR count). The van der Waals surface area contributed by atoms with Gasteiger partial charge >= 0.3 is 0 Å². The Kier molecular flexibility index (Phi) is 1.63. The van der Waals surface area contributed by atoms with Gasteiger partial charge in [0.1, 0.15) is 5.69 Å². The molecule has 76 valence electrons. The SMILES string of the molecule is Cc1cc(C)c2c(c1)Nc1cnoc1C2. The first-order chi connectivity index (χ1) is 7.24. The van der Waals surface area contributed by atoms with Crippen LogP contribution < -0.4 is 5.32 Å². The average Bonchev–Trinajstić information content (AvgIpc) is 2.61. The number of rotatable bonds is 0. The topological polar surface area (TPSA) is 38.1 Å². The van der Waals surface area contributed by atoms with E-state index in [4.69, 9.17) is 4.52 Å². The molecule has 0 bridgehead atoms. The van der Waals surface area contributed by atoms with E-state index in [1.807, 2.05) is 0 Å². The number of benzene rings is 1. The summed E-state index contributed by atoms with van der Waals surface area (Å²) in [7, 11) is 0. The summed E-state index contributed by atoms with van der Waals surface area (Å²) < 4.78 is 5.19. The van der Waals surface area contributed by atoms with Crippen LogP contribution in [0.3, 0.4) is 0 Å². The molecule has 0 saturated heterocycles. The lowest BCUT2D eigenvalue weighted by Gasteiger charge is -2.19. The van der Waals surface area contributed by atoms with E-state index in [1.54, 1.807) is 6.20 Å². The summed E-state index contributed by atoms with van der Waals surface area (Å²) in [6.07, 6.45) is 2.57. The van der Waals surface area contributed by atoms with Gasteiger partial charge in [0.05, 0.1) is 6.20 Å². The van der Waals surface area contributed by atoms with E-state index in [1.165, 1.54) is 22.4 Å². The fraction of sp³-hybridized carbons (Fsp3) is 0.250. The maximum atomic E-state index is 5.19. The van der Waals surface area contributed by atoms with Crippen molar-refractivity contribution in [2.45, 2.75) is 20.3 Å². The molecule has 0 spiro atoms. The van der Waals surface area contributed by atoms with Crippen molar-refractivity contribution in [1.29, 1.82) is 0 Å². The summed E-state index contributed by atoms with van der Waals surface area (Å²) in [4.78, 5) is 0. The Balaban J connectivity index is 2.17. The molecule has 2 heterocycles. The average molecular weight is 200 g/mol. The second-order valence-electron chi connectivity index (χ2n) is 4.07. The van der Waals surface area contributed by atoms with Crippen LogP contribution in [0.2, 0.25) is 0 Å². The highest BCUT2D eigenvalue weighted by Gasteiger charge is 2.19. The van der Waals surface area contributed by atoms with Gasteiger partial charge in [-0.05, 0) is 36.6 Å². The summed E-state index contributed by atoms with van der Waals surface area (Å²) in [5, 5.41) is 7.15. The van der Waals surface area contributed by atoms with Gasteiger partial charge in [-0.2, -0.15) is 0 Å². The Hall–Kier alpha value is -1.77. The molecule has 3 nitrogen and oxygen atoms in total. The number of hydrogen-bond acceptors (Lipinski definition) is 3. The van der Waals surface area contributed by atoms with Crippen LogP contribution in [0.25, 0.3) is 0 Å². The fourth-order valence-corrected chi connectivity index (χ4v) is 2.14. The van der Waals surface area contributed by atoms with E-state index in [-0.39, 0.29) is 0 Å². The van der Waals surface area contributed by atoms with Crippen molar-refractivity contribution < 1.29 is 4.52 Å². The smallest absolute Gasteiger partial charge is 0.164 e. The lowest BCUT2D eigenvalue weighted by atomic mass is 9.96. The third kappa shape index (κ3) is 1.23. The number of nitrogens with zero attached hydrogens (tertiary/aromatic N) is 1. The third-order valence-corrected chi connectivity index (χ3v) is 2.87. The number of nitrogens with one attached hydrogen (secondary N) is 1. The Morgan fingerprint density at radius 2 is 2.13 bits per heavy atom. The van der Waals surface area contributed by atoms with Crippen molar-refractivity contribution in [1.82, 2.24) is 5.16 Å². The monoisotopic (exact) mass is 200 g/mol. The predicted octanol–water partition coefficient (Wildman–Crippen LogP) is 2.94. The molecular weight excluding hydrogens is 188 g/mol. The molecule has 1 aliphatic heterocycles. The largest absolute Gasteiger partial charge is 0.359 e. The van der Waals surface area contributed by atoms with Gasteiger partial charge in [-0.1, -0.05) is 11.2 Å².